The molecule has 0 spiro atoms. The summed E-state index contributed by atoms with van der Waals surface area (Å²) >= 11 is 3.35. The van der Waals surface area contributed by atoms with Crippen molar-refractivity contribution < 1.29 is 4.52 Å². The molecule has 0 saturated heterocycles. The van der Waals surface area contributed by atoms with Gasteiger partial charge < -0.3 is 4.52 Å². The molecule has 0 fully saturated rings. The van der Waals surface area contributed by atoms with Crippen molar-refractivity contribution in [2.45, 2.75) is 19.5 Å². The Balaban J connectivity index is 1.52. The summed E-state index contributed by atoms with van der Waals surface area (Å²) in [5, 5.41) is 11.7. The van der Waals surface area contributed by atoms with Crippen LogP contribution in [0.1, 0.15) is 27.9 Å². The Labute approximate surface area is 154 Å². The van der Waals surface area contributed by atoms with Crippen LogP contribution in [0.4, 0.5) is 0 Å². The zero-order valence-corrected chi connectivity index (χ0v) is 15.3. The molecule has 1 N–H and O–H groups in total. The molecule has 126 valence electrons. The van der Waals surface area contributed by atoms with E-state index < -0.39 is 0 Å². The molecular formula is C19H17N3OS2. The first kappa shape index (κ1) is 16.2. The average molecular weight is 367 g/mol. The molecule has 4 rings (SSSR count). The summed E-state index contributed by atoms with van der Waals surface area (Å²) in [4.78, 5) is 6.77. The van der Waals surface area contributed by atoms with Crippen molar-refractivity contribution in [3.63, 3.8) is 0 Å². The molecule has 1 unspecified atom stereocenters. The lowest BCUT2D eigenvalue weighted by molar-refractivity contribution is 0.363. The van der Waals surface area contributed by atoms with Crippen LogP contribution in [0.2, 0.25) is 0 Å². The van der Waals surface area contributed by atoms with Gasteiger partial charge in [-0.15, -0.1) is 22.7 Å². The van der Waals surface area contributed by atoms with Crippen LogP contribution in [0, 0.1) is 6.92 Å². The molecule has 0 saturated carbocycles. The number of aromatic nitrogens is 2. The molecule has 0 aliphatic heterocycles. The standard InChI is InChI=1S/C19H17N3OS2/c1-13-6-8-14(9-7-13)18(15-4-2-10-24-15)20-12-17-21-19(22-23-17)16-5-3-11-25-16/h2-11,18,20H,12H2,1H3. The molecule has 0 aliphatic carbocycles. The van der Waals surface area contributed by atoms with E-state index in [0.29, 0.717) is 18.3 Å². The van der Waals surface area contributed by atoms with Gasteiger partial charge in [-0.2, -0.15) is 4.98 Å². The van der Waals surface area contributed by atoms with Gasteiger partial charge in [0.1, 0.15) is 0 Å². The van der Waals surface area contributed by atoms with Gasteiger partial charge >= 0.3 is 0 Å². The quantitative estimate of drug-likeness (QED) is 0.518. The molecule has 3 heterocycles. The van der Waals surface area contributed by atoms with Crippen LogP contribution < -0.4 is 5.32 Å². The SMILES string of the molecule is Cc1ccc(C(NCc2nc(-c3cccs3)no2)c2cccs2)cc1. The smallest absolute Gasteiger partial charge is 0.240 e. The fourth-order valence-corrected chi connectivity index (χ4v) is 4.10. The second-order valence-electron chi connectivity index (χ2n) is 5.73. The topological polar surface area (TPSA) is 51.0 Å². The predicted octanol–water partition coefficient (Wildman–Crippen LogP) is 5.05. The van der Waals surface area contributed by atoms with Crippen LogP contribution in [0.15, 0.2) is 63.8 Å². The Kier molecular flexibility index (Phi) is 4.74. The summed E-state index contributed by atoms with van der Waals surface area (Å²) in [6.45, 7) is 2.62. The Bertz CT molecular complexity index is 912. The van der Waals surface area contributed by atoms with Crippen molar-refractivity contribution in [3.05, 3.63) is 81.2 Å². The molecule has 4 aromatic rings. The van der Waals surface area contributed by atoms with E-state index in [1.165, 1.54) is 16.0 Å². The summed E-state index contributed by atoms with van der Waals surface area (Å²) in [6.07, 6.45) is 0. The monoisotopic (exact) mass is 367 g/mol. The summed E-state index contributed by atoms with van der Waals surface area (Å²) < 4.78 is 5.40. The number of hydrogen-bond donors (Lipinski definition) is 1. The van der Waals surface area contributed by atoms with Crippen LogP contribution >= 0.6 is 22.7 Å². The van der Waals surface area contributed by atoms with Gasteiger partial charge in [0.15, 0.2) is 0 Å². The summed E-state index contributed by atoms with van der Waals surface area (Å²) in [6, 6.07) is 16.9. The van der Waals surface area contributed by atoms with Crippen LogP contribution in [0.5, 0.6) is 0 Å². The fourth-order valence-electron chi connectivity index (χ4n) is 2.62. The molecule has 1 aromatic carbocycles. The third kappa shape index (κ3) is 3.71. The molecule has 0 bridgehead atoms. The number of thiophene rings is 2. The molecule has 3 aromatic heterocycles. The van der Waals surface area contributed by atoms with E-state index in [1.807, 2.05) is 17.5 Å². The Morgan fingerprint density at radius 2 is 1.84 bits per heavy atom. The molecule has 4 nitrogen and oxygen atoms in total. The first-order chi connectivity index (χ1) is 12.3. The van der Waals surface area contributed by atoms with Crippen LogP contribution in [0.3, 0.4) is 0 Å². The molecular weight excluding hydrogens is 350 g/mol. The lowest BCUT2D eigenvalue weighted by Crippen LogP contribution is -2.21. The molecule has 1 atom stereocenters. The van der Waals surface area contributed by atoms with Crippen molar-refractivity contribution in [3.8, 4) is 10.7 Å². The Hall–Kier alpha value is -2.28. The minimum Gasteiger partial charge on any atom is -0.338 e. The van der Waals surface area contributed by atoms with Gasteiger partial charge in [0.2, 0.25) is 11.7 Å². The minimum absolute atomic E-state index is 0.109. The van der Waals surface area contributed by atoms with E-state index in [0.717, 1.165) is 4.88 Å². The van der Waals surface area contributed by atoms with Gasteiger partial charge in [-0.05, 0) is 35.4 Å². The van der Waals surface area contributed by atoms with E-state index >= 15 is 0 Å². The van der Waals surface area contributed by atoms with Crippen molar-refractivity contribution in [1.29, 1.82) is 0 Å². The van der Waals surface area contributed by atoms with E-state index in [1.54, 1.807) is 22.7 Å². The first-order valence-corrected chi connectivity index (χ1v) is 9.75. The lowest BCUT2D eigenvalue weighted by atomic mass is 10.0. The van der Waals surface area contributed by atoms with Gasteiger partial charge in [-0.3, -0.25) is 5.32 Å². The third-order valence-corrected chi connectivity index (χ3v) is 5.71. The number of nitrogens with one attached hydrogen (secondary N) is 1. The van der Waals surface area contributed by atoms with Gasteiger partial charge in [0.05, 0.1) is 17.5 Å². The normalized spacial score (nSPS) is 12.4. The largest absolute Gasteiger partial charge is 0.338 e. The average Bonchev–Trinajstić information content (AvgIpc) is 3.39. The van der Waals surface area contributed by atoms with E-state index in [9.17, 15) is 0 Å². The summed E-state index contributed by atoms with van der Waals surface area (Å²) in [7, 11) is 0. The third-order valence-electron chi connectivity index (χ3n) is 3.91. The highest BCUT2D eigenvalue weighted by molar-refractivity contribution is 7.13. The highest BCUT2D eigenvalue weighted by atomic mass is 32.1. The highest BCUT2D eigenvalue weighted by Crippen LogP contribution is 2.27. The molecule has 0 radical (unpaired) electrons. The van der Waals surface area contributed by atoms with Gasteiger partial charge in [0, 0.05) is 4.88 Å². The van der Waals surface area contributed by atoms with Crippen LogP contribution in [0.25, 0.3) is 10.7 Å². The van der Waals surface area contributed by atoms with E-state index in [4.69, 9.17) is 4.52 Å². The van der Waals surface area contributed by atoms with Crippen LogP contribution in [-0.2, 0) is 6.54 Å². The second kappa shape index (κ2) is 7.31. The number of rotatable bonds is 6. The van der Waals surface area contributed by atoms with E-state index in [-0.39, 0.29) is 6.04 Å². The van der Waals surface area contributed by atoms with Crippen molar-refractivity contribution >= 4 is 22.7 Å². The maximum Gasteiger partial charge on any atom is 0.240 e. The molecule has 6 heteroatoms. The number of hydrogen-bond acceptors (Lipinski definition) is 6. The first-order valence-electron chi connectivity index (χ1n) is 7.99. The summed E-state index contributed by atoms with van der Waals surface area (Å²) in [5.41, 5.74) is 2.48. The number of nitrogens with zero attached hydrogens (tertiary/aromatic N) is 2. The Morgan fingerprint density at radius 1 is 1.04 bits per heavy atom. The van der Waals surface area contributed by atoms with Gasteiger partial charge in [0.25, 0.3) is 0 Å². The summed E-state index contributed by atoms with van der Waals surface area (Å²) in [5.74, 6) is 1.24. The zero-order chi connectivity index (χ0) is 17.1. The second-order valence-corrected chi connectivity index (χ2v) is 7.66. The molecule has 25 heavy (non-hydrogen) atoms. The lowest BCUT2D eigenvalue weighted by Gasteiger charge is -2.17. The van der Waals surface area contributed by atoms with E-state index in [2.05, 4.69) is 64.2 Å². The highest BCUT2D eigenvalue weighted by Gasteiger charge is 2.17. The fraction of sp³-hybridized carbons (Fsp3) is 0.158. The zero-order valence-electron chi connectivity index (χ0n) is 13.7. The van der Waals surface area contributed by atoms with Crippen molar-refractivity contribution in [2.75, 3.05) is 0 Å². The maximum atomic E-state index is 5.40. The van der Waals surface area contributed by atoms with Crippen LogP contribution in [-0.4, -0.2) is 10.1 Å². The maximum absolute atomic E-state index is 5.40. The van der Waals surface area contributed by atoms with Gasteiger partial charge in [-0.1, -0.05) is 47.1 Å². The van der Waals surface area contributed by atoms with Crippen molar-refractivity contribution in [2.24, 2.45) is 0 Å². The minimum atomic E-state index is 0.109. The Morgan fingerprint density at radius 3 is 2.56 bits per heavy atom. The van der Waals surface area contributed by atoms with Crippen molar-refractivity contribution in [1.82, 2.24) is 15.5 Å². The number of benzene rings is 1. The molecule has 0 aliphatic rings. The number of aryl methyl sites for hydroxylation is 1. The molecule has 0 amide bonds. The van der Waals surface area contributed by atoms with Gasteiger partial charge in [-0.25, -0.2) is 0 Å². The predicted molar refractivity (Wildman–Crippen MR) is 102 cm³/mol.